The third-order valence-corrected chi connectivity index (χ3v) is 4.08. The van der Waals surface area contributed by atoms with Gasteiger partial charge in [0.1, 0.15) is 11.5 Å². The summed E-state index contributed by atoms with van der Waals surface area (Å²) in [5.41, 5.74) is 1.33. The summed E-state index contributed by atoms with van der Waals surface area (Å²) in [6.07, 6.45) is 8.15. The highest BCUT2D eigenvalue weighted by Crippen LogP contribution is 2.32. The minimum atomic E-state index is -0.0287. The lowest BCUT2D eigenvalue weighted by molar-refractivity contribution is 0.0725. The van der Waals surface area contributed by atoms with E-state index in [9.17, 15) is 4.79 Å². The number of anilines is 1. The van der Waals surface area contributed by atoms with Crippen LogP contribution in [0.1, 0.15) is 48.4 Å². The number of carbonyl (C=O) groups excluding carboxylic acids is 1. The predicted molar refractivity (Wildman–Crippen MR) is 87.1 cm³/mol. The minimum Gasteiger partial charge on any atom is -0.372 e. The Morgan fingerprint density at radius 2 is 2.30 bits per heavy atom. The summed E-state index contributed by atoms with van der Waals surface area (Å²) in [6.45, 7) is 3.65. The van der Waals surface area contributed by atoms with Gasteiger partial charge in [-0.3, -0.25) is 14.5 Å². The maximum absolute atomic E-state index is 12.8. The first-order valence-electron chi connectivity index (χ1n) is 8.07. The van der Waals surface area contributed by atoms with E-state index in [0.717, 1.165) is 38.0 Å². The van der Waals surface area contributed by atoms with E-state index in [0.29, 0.717) is 11.5 Å². The molecule has 0 spiro atoms. The number of aryl methyl sites for hydroxylation is 1. The number of aromatic nitrogens is 4. The maximum Gasteiger partial charge on any atom is 0.274 e. The molecule has 0 saturated carbocycles. The highest BCUT2D eigenvalue weighted by atomic mass is 16.2. The van der Waals surface area contributed by atoms with Crippen LogP contribution in [0.5, 0.6) is 0 Å². The van der Waals surface area contributed by atoms with E-state index in [-0.39, 0.29) is 11.9 Å². The first-order valence-corrected chi connectivity index (χ1v) is 8.07. The SMILES string of the molecule is CCCn1ccc(C(=O)N2CCCC2c2cncc(NC)n2)n1. The summed E-state index contributed by atoms with van der Waals surface area (Å²) in [5.74, 6) is 0.688. The molecule has 0 aromatic carbocycles. The number of likely N-dealkylation sites (tertiary alicyclic amines) is 1. The predicted octanol–water partition coefficient (Wildman–Crippen LogP) is 2.10. The first kappa shape index (κ1) is 15.5. The number of rotatable bonds is 5. The topological polar surface area (TPSA) is 75.9 Å². The Morgan fingerprint density at radius 1 is 1.43 bits per heavy atom. The van der Waals surface area contributed by atoms with Crippen LogP contribution in [0.15, 0.2) is 24.7 Å². The Balaban J connectivity index is 1.81. The lowest BCUT2D eigenvalue weighted by Crippen LogP contribution is -2.31. The summed E-state index contributed by atoms with van der Waals surface area (Å²) >= 11 is 0. The fourth-order valence-corrected chi connectivity index (χ4v) is 2.96. The molecule has 0 bridgehead atoms. The van der Waals surface area contributed by atoms with E-state index in [2.05, 4.69) is 27.3 Å². The largest absolute Gasteiger partial charge is 0.372 e. The van der Waals surface area contributed by atoms with Gasteiger partial charge in [0.15, 0.2) is 0 Å². The molecule has 122 valence electrons. The smallest absolute Gasteiger partial charge is 0.274 e. The van der Waals surface area contributed by atoms with Crippen LogP contribution in [-0.2, 0) is 6.54 Å². The summed E-state index contributed by atoms with van der Waals surface area (Å²) in [7, 11) is 1.81. The molecule has 1 aliphatic heterocycles. The maximum atomic E-state index is 12.8. The van der Waals surface area contributed by atoms with Gasteiger partial charge in [0, 0.05) is 26.3 Å². The van der Waals surface area contributed by atoms with E-state index in [4.69, 9.17) is 0 Å². The van der Waals surface area contributed by atoms with Gasteiger partial charge in [-0.15, -0.1) is 0 Å². The van der Waals surface area contributed by atoms with Gasteiger partial charge in [-0.2, -0.15) is 5.10 Å². The zero-order chi connectivity index (χ0) is 16.2. The molecular weight excluding hydrogens is 292 g/mol. The summed E-state index contributed by atoms with van der Waals surface area (Å²) < 4.78 is 1.82. The van der Waals surface area contributed by atoms with Crippen LogP contribution in [0.3, 0.4) is 0 Å². The Morgan fingerprint density at radius 3 is 3.09 bits per heavy atom. The standard InChI is InChI=1S/C16H22N6O/c1-3-7-21-9-6-12(20-21)16(23)22-8-4-5-14(22)13-10-18-11-15(17-2)19-13/h6,9-11,14H,3-5,7-8H2,1-2H3,(H,17,19). The monoisotopic (exact) mass is 314 g/mol. The first-order chi connectivity index (χ1) is 11.2. The highest BCUT2D eigenvalue weighted by Gasteiger charge is 2.32. The van der Waals surface area contributed by atoms with E-state index >= 15 is 0 Å². The van der Waals surface area contributed by atoms with Crippen molar-refractivity contribution in [2.24, 2.45) is 0 Å². The molecule has 7 nitrogen and oxygen atoms in total. The molecule has 7 heteroatoms. The molecule has 0 aliphatic carbocycles. The molecule has 23 heavy (non-hydrogen) atoms. The van der Waals surface area contributed by atoms with Gasteiger partial charge in [-0.05, 0) is 25.3 Å². The Labute approximate surface area is 135 Å². The average Bonchev–Trinajstić information content (AvgIpc) is 3.24. The molecule has 1 fully saturated rings. The Bertz CT molecular complexity index is 683. The van der Waals surface area contributed by atoms with E-state index in [1.165, 1.54) is 0 Å². The minimum absolute atomic E-state index is 0.0281. The highest BCUT2D eigenvalue weighted by molar-refractivity contribution is 5.92. The van der Waals surface area contributed by atoms with Gasteiger partial charge in [0.2, 0.25) is 0 Å². The second-order valence-electron chi connectivity index (χ2n) is 5.70. The molecule has 1 atom stereocenters. The molecule has 1 unspecified atom stereocenters. The van der Waals surface area contributed by atoms with Gasteiger partial charge < -0.3 is 10.2 Å². The number of carbonyl (C=O) groups is 1. The lowest BCUT2D eigenvalue weighted by Gasteiger charge is -2.23. The van der Waals surface area contributed by atoms with Gasteiger partial charge in [0.25, 0.3) is 5.91 Å². The third kappa shape index (κ3) is 3.18. The fourth-order valence-electron chi connectivity index (χ4n) is 2.96. The van der Waals surface area contributed by atoms with E-state index in [1.54, 1.807) is 18.5 Å². The van der Waals surface area contributed by atoms with Gasteiger partial charge >= 0.3 is 0 Å². The number of hydrogen-bond acceptors (Lipinski definition) is 5. The van der Waals surface area contributed by atoms with Crippen LogP contribution in [0.4, 0.5) is 5.82 Å². The van der Waals surface area contributed by atoms with Crippen molar-refractivity contribution in [3.63, 3.8) is 0 Å². The van der Waals surface area contributed by atoms with Crippen molar-refractivity contribution in [3.05, 3.63) is 36.0 Å². The van der Waals surface area contributed by atoms with Crippen LogP contribution in [0.2, 0.25) is 0 Å². The van der Waals surface area contributed by atoms with Crippen molar-refractivity contribution in [1.29, 1.82) is 0 Å². The molecule has 1 amide bonds. The molecule has 1 N–H and O–H groups in total. The van der Waals surface area contributed by atoms with E-state index in [1.807, 2.05) is 22.8 Å². The van der Waals surface area contributed by atoms with Crippen LogP contribution >= 0.6 is 0 Å². The van der Waals surface area contributed by atoms with Crippen molar-refractivity contribution in [2.75, 3.05) is 18.9 Å². The van der Waals surface area contributed by atoms with Crippen molar-refractivity contribution < 1.29 is 4.79 Å². The third-order valence-electron chi connectivity index (χ3n) is 4.08. The quantitative estimate of drug-likeness (QED) is 0.914. The van der Waals surface area contributed by atoms with E-state index < -0.39 is 0 Å². The average molecular weight is 314 g/mol. The summed E-state index contributed by atoms with van der Waals surface area (Å²) in [6, 6.07) is 1.77. The van der Waals surface area contributed by atoms with Crippen molar-refractivity contribution in [1.82, 2.24) is 24.6 Å². The van der Waals surface area contributed by atoms with Crippen LogP contribution in [0, 0.1) is 0 Å². The normalized spacial score (nSPS) is 17.5. The van der Waals surface area contributed by atoms with Crippen molar-refractivity contribution in [3.8, 4) is 0 Å². The van der Waals surface area contributed by atoms with Crippen molar-refractivity contribution in [2.45, 2.75) is 38.8 Å². The van der Waals surface area contributed by atoms with Gasteiger partial charge in [-0.25, -0.2) is 4.98 Å². The molecule has 3 heterocycles. The van der Waals surface area contributed by atoms with Crippen molar-refractivity contribution >= 4 is 11.7 Å². The fraction of sp³-hybridized carbons (Fsp3) is 0.500. The van der Waals surface area contributed by atoms with Gasteiger partial charge in [-0.1, -0.05) is 6.92 Å². The number of amides is 1. The molecule has 2 aromatic rings. The molecule has 3 rings (SSSR count). The molecule has 0 radical (unpaired) electrons. The molecule has 2 aromatic heterocycles. The second kappa shape index (κ2) is 6.76. The molecular formula is C16H22N6O. The zero-order valence-electron chi connectivity index (χ0n) is 13.6. The second-order valence-corrected chi connectivity index (χ2v) is 5.70. The molecule has 1 aliphatic rings. The van der Waals surface area contributed by atoms with Gasteiger partial charge in [0.05, 0.1) is 24.1 Å². The zero-order valence-corrected chi connectivity index (χ0v) is 13.6. The Hall–Kier alpha value is -2.44. The van der Waals surface area contributed by atoms with Crippen LogP contribution < -0.4 is 5.32 Å². The van der Waals surface area contributed by atoms with Crippen LogP contribution in [-0.4, -0.2) is 44.1 Å². The molecule has 1 saturated heterocycles. The summed E-state index contributed by atoms with van der Waals surface area (Å²) in [5, 5.41) is 7.37. The number of nitrogens with one attached hydrogen (secondary N) is 1. The number of nitrogens with zero attached hydrogens (tertiary/aromatic N) is 5. The van der Waals surface area contributed by atoms with Crippen LogP contribution in [0.25, 0.3) is 0 Å². The summed E-state index contributed by atoms with van der Waals surface area (Å²) in [4.78, 5) is 23.4. The number of hydrogen-bond donors (Lipinski definition) is 1. The lowest BCUT2D eigenvalue weighted by atomic mass is 10.1. The Kier molecular flexibility index (Phi) is 4.55.